The maximum Gasteiger partial charge on any atom is 0.164 e. The van der Waals surface area contributed by atoms with Crippen LogP contribution in [0.2, 0.25) is 0 Å². The van der Waals surface area contributed by atoms with Crippen LogP contribution in [0.15, 0.2) is 42.9 Å². The molecule has 0 unspecified atom stereocenters. The van der Waals surface area contributed by atoms with E-state index in [1.54, 1.807) is 10.9 Å². The van der Waals surface area contributed by atoms with Gasteiger partial charge in [-0.05, 0) is 41.5 Å². The van der Waals surface area contributed by atoms with Crippen LogP contribution in [-0.4, -0.2) is 57.9 Å². The van der Waals surface area contributed by atoms with E-state index in [4.69, 9.17) is 15.7 Å². The quantitative estimate of drug-likeness (QED) is 0.348. The van der Waals surface area contributed by atoms with Gasteiger partial charge in [0.15, 0.2) is 5.82 Å². The summed E-state index contributed by atoms with van der Waals surface area (Å²) in [7, 11) is -1.19. The number of hydrogen-bond acceptors (Lipinski definition) is 9. The molecule has 0 spiro atoms. The van der Waals surface area contributed by atoms with Gasteiger partial charge in [-0.3, -0.25) is 4.68 Å². The number of nitrogens with zero attached hydrogens (tertiary/aromatic N) is 6. The summed E-state index contributed by atoms with van der Waals surface area (Å²) in [5.74, 6) is 2.24. The zero-order chi connectivity index (χ0) is 27.2. The molecule has 1 aliphatic rings. The van der Waals surface area contributed by atoms with E-state index in [-0.39, 0.29) is 17.8 Å². The first-order chi connectivity index (χ1) is 18.0. The molecule has 3 N–H and O–H groups in total. The molecule has 1 aromatic carbocycles. The minimum atomic E-state index is -3.08. The lowest BCUT2D eigenvalue weighted by atomic mass is 9.92. The number of nitrogens with one attached hydrogen (secondary N) is 1. The van der Waals surface area contributed by atoms with Crippen LogP contribution in [0, 0.1) is 5.92 Å². The molecule has 1 aliphatic heterocycles. The van der Waals surface area contributed by atoms with Crippen molar-refractivity contribution in [3.63, 3.8) is 0 Å². The van der Waals surface area contributed by atoms with Crippen LogP contribution in [0.25, 0.3) is 22.2 Å². The van der Waals surface area contributed by atoms with Gasteiger partial charge >= 0.3 is 0 Å². The standard InChI is InChI=1S/C27H34N8O2S/c1-6-22-21(14-34(4)33-22)27-29-10-9-24(32-27)31-25-11-19-18(16(2)3)7-8-23(20(19)12-30-25)35-13-17(26(35)28)15-38(5,36)37/h7-12,14,16-17,26H,6,13,15,28H2,1-5H3,(H,29,30,31,32)/t17-,26+/m1/s1. The maximum absolute atomic E-state index is 11.8. The number of anilines is 3. The van der Waals surface area contributed by atoms with Gasteiger partial charge in [-0.1, -0.05) is 26.8 Å². The van der Waals surface area contributed by atoms with Crippen LogP contribution in [0.4, 0.5) is 17.3 Å². The average molecular weight is 535 g/mol. The Labute approximate surface area is 223 Å². The van der Waals surface area contributed by atoms with Crippen molar-refractivity contribution in [2.45, 2.75) is 39.3 Å². The lowest BCUT2D eigenvalue weighted by molar-refractivity contribution is 0.328. The van der Waals surface area contributed by atoms with Crippen LogP contribution in [0.5, 0.6) is 0 Å². The molecule has 4 heterocycles. The van der Waals surface area contributed by atoms with Gasteiger partial charge in [0, 0.05) is 55.4 Å². The number of sulfone groups is 1. The molecule has 1 saturated heterocycles. The second-order valence-electron chi connectivity index (χ2n) is 10.3. The molecule has 0 bridgehead atoms. The van der Waals surface area contributed by atoms with Gasteiger partial charge in [0.25, 0.3) is 0 Å². The summed E-state index contributed by atoms with van der Waals surface area (Å²) in [5, 5.41) is 9.90. The summed E-state index contributed by atoms with van der Waals surface area (Å²) < 4.78 is 25.3. The van der Waals surface area contributed by atoms with Crippen LogP contribution >= 0.6 is 0 Å². The topological polar surface area (TPSA) is 132 Å². The monoisotopic (exact) mass is 534 g/mol. The van der Waals surface area contributed by atoms with Gasteiger partial charge in [-0.25, -0.2) is 23.4 Å². The fourth-order valence-corrected chi connectivity index (χ4v) is 6.22. The van der Waals surface area contributed by atoms with Gasteiger partial charge in [0.1, 0.15) is 21.5 Å². The van der Waals surface area contributed by atoms with Gasteiger partial charge in [0.05, 0.1) is 23.2 Å². The normalized spacial score (nSPS) is 17.7. The first kappa shape index (κ1) is 26.1. The van der Waals surface area contributed by atoms with E-state index in [1.165, 1.54) is 11.8 Å². The van der Waals surface area contributed by atoms with E-state index < -0.39 is 9.84 Å². The van der Waals surface area contributed by atoms with Crippen molar-refractivity contribution in [1.29, 1.82) is 0 Å². The SMILES string of the molecule is CCc1nn(C)cc1-c1nccc(Nc2cc3c(C(C)C)ccc(N4C[C@H](CS(C)(=O)=O)[C@H]4N)c3cn2)n1. The molecule has 11 heteroatoms. The van der Waals surface area contributed by atoms with Crippen LogP contribution in [-0.2, 0) is 23.3 Å². The van der Waals surface area contributed by atoms with Gasteiger partial charge in [-0.2, -0.15) is 5.10 Å². The summed E-state index contributed by atoms with van der Waals surface area (Å²) in [6.07, 6.45) is 7.22. The minimum absolute atomic E-state index is 0.0845. The first-order valence-corrected chi connectivity index (χ1v) is 14.9. The fourth-order valence-electron chi connectivity index (χ4n) is 5.14. The molecule has 4 aromatic rings. The first-order valence-electron chi connectivity index (χ1n) is 12.8. The van der Waals surface area contributed by atoms with Gasteiger partial charge in [-0.15, -0.1) is 0 Å². The summed E-state index contributed by atoms with van der Waals surface area (Å²) >= 11 is 0. The Morgan fingerprint density at radius 2 is 1.95 bits per heavy atom. The Morgan fingerprint density at radius 1 is 1.16 bits per heavy atom. The summed E-state index contributed by atoms with van der Waals surface area (Å²) in [4.78, 5) is 15.9. The number of fused-ring (bicyclic) bond motifs is 1. The molecule has 10 nitrogen and oxygen atoms in total. The minimum Gasteiger partial charge on any atom is -0.355 e. The highest BCUT2D eigenvalue weighted by Gasteiger charge is 2.39. The number of aryl methyl sites for hydroxylation is 2. The molecule has 3 aromatic heterocycles. The molecule has 0 radical (unpaired) electrons. The van der Waals surface area contributed by atoms with Crippen LogP contribution < -0.4 is 16.0 Å². The lowest BCUT2D eigenvalue weighted by Crippen LogP contribution is -2.63. The number of aromatic nitrogens is 5. The fraction of sp³-hybridized carbons (Fsp3) is 0.407. The number of rotatable bonds is 8. The average Bonchev–Trinajstić information content (AvgIpc) is 3.26. The molecule has 2 atom stereocenters. The Morgan fingerprint density at radius 3 is 2.63 bits per heavy atom. The van der Waals surface area contributed by atoms with Crippen molar-refractivity contribution in [1.82, 2.24) is 24.7 Å². The Hall–Kier alpha value is -3.57. The number of benzene rings is 1. The van der Waals surface area contributed by atoms with Crippen molar-refractivity contribution in [2.75, 3.05) is 28.8 Å². The Balaban J connectivity index is 1.46. The van der Waals surface area contributed by atoms with Crippen LogP contribution in [0.1, 0.15) is 37.9 Å². The highest BCUT2D eigenvalue weighted by Crippen LogP contribution is 2.38. The highest BCUT2D eigenvalue weighted by atomic mass is 32.2. The number of nitrogens with two attached hydrogens (primary N) is 1. The van der Waals surface area contributed by atoms with Crippen molar-refractivity contribution in [2.24, 2.45) is 18.7 Å². The van der Waals surface area contributed by atoms with E-state index in [2.05, 4.69) is 53.2 Å². The van der Waals surface area contributed by atoms with Crippen molar-refractivity contribution in [3.8, 4) is 11.4 Å². The van der Waals surface area contributed by atoms with Gasteiger partial charge in [0.2, 0.25) is 0 Å². The lowest BCUT2D eigenvalue weighted by Gasteiger charge is -2.47. The van der Waals surface area contributed by atoms with Crippen LogP contribution in [0.3, 0.4) is 0 Å². The molecule has 5 rings (SSSR count). The third-order valence-electron chi connectivity index (χ3n) is 7.03. The van der Waals surface area contributed by atoms with E-state index in [1.807, 2.05) is 31.6 Å². The van der Waals surface area contributed by atoms with Crippen molar-refractivity contribution >= 4 is 37.9 Å². The largest absolute Gasteiger partial charge is 0.355 e. The van der Waals surface area contributed by atoms with Gasteiger partial charge < -0.3 is 16.0 Å². The van der Waals surface area contributed by atoms with E-state index in [0.717, 1.165) is 34.1 Å². The molecule has 200 valence electrons. The molecule has 38 heavy (non-hydrogen) atoms. The second-order valence-corrected chi connectivity index (χ2v) is 12.5. The zero-order valence-corrected chi connectivity index (χ0v) is 23.2. The summed E-state index contributed by atoms with van der Waals surface area (Å²) in [5.41, 5.74) is 10.4. The van der Waals surface area contributed by atoms with E-state index >= 15 is 0 Å². The third-order valence-corrected chi connectivity index (χ3v) is 8.06. The summed E-state index contributed by atoms with van der Waals surface area (Å²) in [6, 6.07) is 8.05. The molecule has 0 saturated carbocycles. The molecular weight excluding hydrogens is 500 g/mol. The highest BCUT2D eigenvalue weighted by molar-refractivity contribution is 7.90. The van der Waals surface area contributed by atoms with Crippen molar-refractivity contribution < 1.29 is 8.42 Å². The van der Waals surface area contributed by atoms with E-state index in [0.29, 0.717) is 29.9 Å². The number of pyridine rings is 1. The zero-order valence-electron chi connectivity index (χ0n) is 22.4. The number of hydrogen-bond donors (Lipinski definition) is 2. The molecule has 0 aliphatic carbocycles. The second kappa shape index (κ2) is 9.95. The summed E-state index contributed by atoms with van der Waals surface area (Å²) in [6.45, 7) is 6.99. The maximum atomic E-state index is 11.8. The van der Waals surface area contributed by atoms with Crippen molar-refractivity contribution in [3.05, 3.63) is 54.1 Å². The van der Waals surface area contributed by atoms with E-state index in [9.17, 15) is 8.42 Å². The third kappa shape index (κ3) is 5.08. The smallest absolute Gasteiger partial charge is 0.164 e. The molecule has 1 fully saturated rings. The molecule has 0 amide bonds. The Kier molecular flexibility index (Phi) is 6.83. The predicted molar refractivity (Wildman–Crippen MR) is 151 cm³/mol. The molecular formula is C27H34N8O2S. The Bertz CT molecular complexity index is 1600. The predicted octanol–water partition coefficient (Wildman–Crippen LogP) is 3.62.